The van der Waals surface area contributed by atoms with Crippen LogP contribution in [0.4, 0.5) is 10.5 Å². The van der Waals surface area contributed by atoms with Crippen molar-refractivity contribution < 1.29 is 14.3 Å². The predicted octanol–water partition coefficient (Wildman–Crippen LogP) is 4.52. The summed E-state index contributed by atoms with van der Waals surface area (Å²) >= 11 is 0. The molecule has 6 nitrogen and oxygen atoms in total. The largest absolute Gasteiger partial charge is 0.489 e. The third-order valence-electron chi connectivity index (χ3n) is 6.19. The number of amides is 3. The van der Waals surface area contributed by atoms with Gasteiger partial charge in [0, 0.05) is 37.8 Å². The number of nitrogens with zero attached hydrogens (tertiary/aromatic N) is 2. The van der Waals surface area contributed by atoms with Gasteiger partial charge in [0.2, 0.25) is 5.91 Å². The molecule has 2 aliphatic rings. The first-order valence-electron chi connectivity index (χ1n) is 11.3. The average Bonchev–Trinajstić information content (AvgIpc) is 2.84. The van der Waals surface area contributed by atoms with Gasteiger partial charge in [0.05, 0.1) is 0 Å². The number of ether oxygens (including phenoxy) is 1. The molecule has 1 saturated carbocycles. The maximum absolute atomic E-state index is 12.7. The Bertz CT molecular complexity index is 855. The molecule has 4 rings (SSSR count). The minimum atomic E-state index is -0.122. The fourth-order valence-electron chi connectivity index (χ4n) is 4.32. The van der Waals surface area contributed by atoms with Crippen molar-refractivity contribution >= 4 is 17.6 Å². The molecule has 3 amide bonds. The van der Waals surface area contributed by atoms with Crippen LogP contribution in [-0.4, -0.2) is 47.9 Å². The van der Waals surface area contributed by atoms with Crippen molar-refractivity contribution in [1.29, 1.82) is 0 Å². The Morgan fingerprint density at radius 2 is 1.48 bits per heavy atom. The van der Waals surface area contributed by atoms with Crippen LogP contribution in [-0.2, 0) is 11.4 Å². The number of benzene rings is 2. The Labute approximate surface area is 184 Å². The smallest absolute Gasteiger partial charge is 0.321 e. The van der Waals surface area contributed by atoms with E-state index >= 15 is 0 Å². The minimum absolute atomic E-state index is 0.122. The van der Waals surface area contributed by atoms with Crippen LogP contribution in [0.1, 0.15) is 37.7 Å². The van der Waals surface area contributed by atoms with Crippen LogP contribution in [0.25, 0.3) is 0 Å². The molecule has 1 saturated heterocycles. The molecule has 0 radical (unpaired) electrons. The first-order chi connectivity index (χ1) is 15.2. The number of carbonyl (C=O) groups is 2. The summed E-state index contributed by atoms with van der Waals surface area (Å²) in [7, 11) is 0. The van der Waals surface area contributed by atoms with E-state index in [2.05, 4.69) is 5.32 Å². The Balaban J connectivity index is 1.22. The van der Waals surface area contributed by atoms with Crippen molar-refractivity contribution in [2.45, 2.75) is 38.7 Å². The van der Waals surface area contributed by atoms with E-state index in [1.165, 1.54) is 6.42 Å². The van der Waals surface area contributed by atoms with E-state index in [1.54, 1.807) is 4.90 Å². The Hall–Kier alpha value is -3.02. The summed E-state index contributed by atoms with van der Waals surface area (Å²) in [6.45, 7) is 2.89. The van der Waals surface area contributed by atoms with E-state index in [1.807, 2.05) is 59.5 Å². The van der Waals surface area contributed by atoms with E-state index in [4.69, 9.17) is 4.74 Å². The normalized spacial score (nSPS) is 17.3. The third kappa shape index (κ3) is 5.78. The molecule has 1 aliphatic heterocycles. The standard InChI is InChI=1S/C25H31N3O3/c29-24(21-9-5-2-6-10-21)27-15-17-28(18-16-27)25(30)26-22-11-13-23(14-12-22)31-19-20-7-3-1-4-8-20/h1,3-4,7-8,11-14,21H,2,5-6,9-10,15-19H2,(H,26,30). The molecule has 2 aromatic carbocycles. The summed E-state index contributed by atoms with van der Waals surface area (Å²) in [6.07, 6.45) is 5.61. The van der Waals surface area contributed by atoms with Crippen molar-refractivity contribution in [3.05, 3.63) is 60.2 Å². The van der Waals surface area contributed by atoms with Gasteiger partial charge in [-0.1, -0.05) is 49.6 Å². The molecule has 1 N–H and O–H groups in total. The molecule has 0 aromatic heterocycles. The zero-order chi connectivity index (χ0) is 21.5. The Morgan fingerprint density at radius 1 is 0.839 bits per heavy atom. The third-order valence-corrected chi connectivity index (χ3v) is 6.19. The van der Waals surface area contributed by atoms with Gasteiger partial charge in [0.25, 0.3) is 0 Å². The molecule has 2 aromatic rings. The zero-order valence-electron chi connectivity index (χ0n) is 18.0. The van der Waals surface area contributed by atoms with Crippen molar-refractivity contribution in [3.8, 4) is 5.75 Å². The lowest BCUT2D eigenvalue weighted by Crippen LogP contribution is -2.53. The predicted molar refractivity (Wildman–Crippen MR) is 121 cm³/mol. The van der Waals surface area contributed by atoms with Crippen molar-refractivity contribution in [2.24, 2.45) is 5.92 Å². The van der Waals surface area contributed by atoms with Gasteiger partial charge >= 0.3 is 6.03 Å². The summed E-state index contributed by atoms with van der Waals surface area (Å²) in [5.74, 6) is 1.24. The van der Waals surface area contributed by atoms with Crippen LogP contribution in [0.2, 0.25) is 0 Å². The van der Waals surface area contributed by atoms with Crippen LogP contribution in [0.15, 0.2) is 54.6 Å². The number of hydrogen-bond donors (Lipinski definition) is 1. The van der Waals surface area contributed by atoms with Crippen LogP contribution in [0.3, 0.4) is 0 Å². The summed E-state index contributed by atoms with van der Waals surface area (Å²) in [5.41, 5.74) is 1.85. The van der Waals surface area contributed by atoms with Gasteiger partial charge in [-0.3, -0.25) is 4.79 Å². The lowest BCUT2D eigenvalue weighted by Gasteiger charge is -2.37. The molecule has 31 heavy (non-hydrogen) atoms. The van der Waals surface area contributed by atoms with Crippen LogP contribution >= 0.6 is 0 Å². The number of carbonyl (C=O) groups excluding carboxylic acids is 2. The van der Waals surface area contributed by atoms with Gasteiger partial charge in [-0.2, -0.15) is 0 Å². The van der Waals surface area contributed by atoms with Crippen LogP contribution < -0.4 is 10.1 Å². The monoisotopic (exact) mass is 421 g/mol. The molecule has 2 fully saturated rings. The van der Waals surface area contributed by atoms with Gasteiger partial charge in [0.15, 0.2) is 0 Å². The lowest BCUT2D eigenvalue weighted by molar-refractivity contribution is -0.138. The summed E-state index contributed by atoms with van der Waals surface area (Å²) in [4.78, 5) is 29.0. The second kappa shape index (κ2) is 10.3. The van der Waals surface area contributed by atoms with E-state index < -0.39 is 0 Å². The molecule has 1 aliphatic carbocycles. The SMILES string of the molecule is O=C(Nc1ccc(OCc2ccccc2)cc1)N1CCN(C(=O)C2CCCCC2)CC1. The number of anilines is 1. The van der Waals surface area contributed by atoms with E-state index in [0.29, 0.717) is 32.8 Å². The van der Waals surface area contributed by atoms with Crippen molar-refractivity contribution in [1.82, 2.24) is 9.80 Å². The second-order valence-electron chi connectivity index (χ2n) is 8.38. The van der Waals surface area contributed by atoms with Gasteiger partial charge in [-0.15, -0.1) is 0 Å². The first-order valence-corrected chi connectivity index (χ1v) is 11.3. The molecule has 0 unspecified atom stereocenters. The maximum atomic E-state index is 12.7. The minimum Gasteiger partial charge on any atom is -0.489 e. The van der Waals surface area contributed by atoms with Crippen LogP contribution in [0, 0.1) is 5.92 Å². The molecule has 1 heterocycles. The van der Waals surface area contributed by atoms with E-state index in [9.17, 15) is 9.59 Å². The summed E-state index contributed by atoms with van der Waals surface area (Å²) in [6, 6.07) is 17.3. The van der Waals surface area contributed by atoms with E-state index in [0.717, 1.165) is 42.7 Å². The highest BCUT2D eigenvalue weighted by Gasteiger charge is 2.29. The van der Waals surface area contributed by atoms with Crippen molar-refractivity contribution in [3.63, 3.8) is 0 Å². The molecule has 6 heteroatoms. The molecular formula is C25H31N3O3. The number of nitrogens with one attached hydrogen (secondary N) is 1. The van der Waals surface area contributed by atoms with Crippen molar-refractivity contribution in [2.75, 3.05) is 31.5 Å². The lowest BCUT2D eigenvalue weighted by atomic mass is 9.88. The highest BCUT2D eigenvalue weighted by Crippen LogP contribution is 2.26. The number of piperazine rings is 1. The number of rotatable bonds is 5. The number of urea groups is 1. The highest BCUT2D eigenvalue weighted by atomic mass is 16.5. The topological polar surface area (TPSA) is 61.9 Å². The molecule has 0 bridgehead atoms. The molecule has 0 spiro atoms. The first kappa shape index (κ1) is 21.2. The summed E-state index contributed by atoms with van der Waals surface area (Å²) in [5, 5.41) is 2.95. The van der Waals surface area contributed by atoms with Gasteiger partial charge in [-0.25, -0.2) is 4.79 Å². The van der Waals surface area contributed by atoms with E-state index in [-0.39, 0.29) is 17.9 Å². The van der Waals surface area contributed by atoms with Gasteiger partial charge in [0.1, 0.15) is 12.4 Å². The molecule has 0 atom stereocenters. The average molecular weight is 422 g/mol. The fourth-order valence-corrected chi connectivity index (χ4v) is 4.32. The maximum Gasteiger partial charge on any atom is 0.321 e. The fraction of sp³-hybridized carbons (Fsp3) is 0.440. The van der Waals surface area contributed by atoms with Gasteiger partial charge < -0.3 is 19.9 Å². The molecular weight excluding hydrogens is 390 g/mol. The Morgan fingerprint density at radius 3 is 2.16 bits per heavy atom. The summed E-state index contributed by atoms with van der Waals surface area (Å²) < 4.78 is 5.79. The van der Waals surface area contributed by atoms with Crippen LogP contribution in [0.5, 0.6) is 5.75 Å². The molecule has 164 valence electrons. The zero-order valence-corrected chi connectivity index (χ0v) is 18.0. The second-order valence-corrected chi connectivity index (χ2v) is 8.38. The Kier molecular flexibility index (Phi) is 7.07. The number of hydrogen-bond acceptors (Lipinski definition) is 3. The van der Waals surface area contributed by atoms with Gasteiger partial charge in [-0.05, 0) is 42.7 Å². The highest BCUT2D eigenvalue weighted by molar-refractivity contribution is 5.89. The quantitative estimate of drug-likeness (QED) is 0.772.